The zero-order valence-electron chi connectivity index (χ0n) is 11.2. The molecule has 1 aromatic heterocycles. The maximum absolute atomic E-state index is 10.5. The molecule has 2 heterocycles. The van der Waals surface area contributed by atoms with Gasteiger partial charge in [-0.05, 0) is 38.9 Å². The molecule has 1 aromatic rings. The van der Waals surface area contributed by atoms with E-state index in [1.165, 1.54) is 44.6 Å². The summed E-state index contributed by atoms with van der Waals surface area (Å²) in [5, 5.41) is 13.8. The van der Waals surface area contributed by atoms with Gasteiger partial charge in [0.1, 0.15) is 12.0 Å². The highest BCUT2D eigenvalue weighted by Crippen LogP contribution is 2.14. The molecule has 1 aliphatic rings. The molecule has 0 amide bonds. The fraction of sp³-hybridized carbons (Fsp3) is 0.615. The minimum Gasteiger partial charge on any atom is -0.366 e. The predicted octanol–water partition coefficient (Wildman–Crippen LogP) is 2.28. The predicted molar refractivity (Wildman–Crippen MR) is 74.3 cm³/mol. The zero-order chi connectivity index (χ0) is 13.7. The van der Waals surface area contributed by atoms with Crippen LogP contribution < -0.4 is 5.32 Å². The van der Waals surface area contributed by atoms with Gasteiger partial charge in [-0.3, -0.25) is 10.1 Å². The van der Waals surface area contributed by atoms with Crippen LogP contribution in [0.4, 0.5) is 11.5 Å². The molecule has 19 heavy (non-hydrogen) atoms. The number of nitro groups is 1. The van der Waals surface area contributed by atoms with Crippen molar-refractivity contribution in [1.82, 2.24) is 9.88 Å². The second-order valence-corrected chi connectivity index (χ2v) is 5.07. The van der Waals surface area contributed by atoms with Crippen molar-refractivity contribution in [2.24, 2.45) is 0 Å². The molecule has 0 aromatic carbocycles. The van der Waals surface area contributed by atoms with Gasteiger partial charge in [-0.2, -0.15) is 0 Å². The summed E-state index contributed by atoms with van der Waals surface area (Å²) in [4.78, 5) is 16.6. The lowest BCUT2D eigenvalue weighted by Crippen LogP contribution is -2.38. The van der Waals surface area contributed by atoms with Crippen LogP contribution in [0.5, 0.6) is 0 Å². The number of pyridine rings is 1. The van der Waals surface area contributed by atoms with Crippen LogP contribution in [0.3, 0.4) is 0 Å². The van der Waals surface area contributed by atoms with Crippen molar-refractivity contribution in [2.75, 3.05) is 25.0 Å². The van der Waals surface area contributed by atoms with Crippen molar-refractivity contribution in [3.63, 3.8) is 0 Å². The van der Waals surface area contributed by atoms with Gasteiger partial charge in [-0.25, -0.2) is 4.98 Å². The Morgan fingerprint density at radius 2 is 2.16 bits per heavy atom. The molecule has 1 atom stereocenters. The Bertz CT molecular complexity index is 415. The third-order valence-electron chi connectivity index (χ3n) is 3.33. The van der Waals surface area contributed by atoms with Crippen molar-refractivity contribution in [3.8, 4) is 0 Å². The number of aromatic nitrogens is 1. The Balaban J connectivity index is 1.83. The maximum Gasteiger partial charge on any atom is 0.287 e. The maximum atomic E-state index is 10.5. The van der Waals surface area contributed by atoms with Crippen LogP contribution in [0.2, 0.25) is 0 Å². The number of nitrogens with one attached hydrogen (secondary N) is 1. The highest BCUT2D eigenvalue weighted by Gasteiger charge is 2.14. The molecule has 0 radical (unpaired) electrons. The van der Waals surface area contributed by atoms with E-state index >= 15 is 0 Å². The lowest BCUT2D eigenvalue weighted by atomic mass is 10.1. The van der Waals surface area contributed by atoms with E-state index < -0.39 is 4.92 Å². The third-order valence-corrected chi connectivity index (χ3v) is 3.33. The number of likely N-dealkylation sites (tertiary alicyclic amines) is 1. The van der Waals surface area contributed by atoms with Crippen LogP contribution in [0.25, 0.3) is 0 Å². The summed E-state index contributed by atoms with van der Waals surface area (Å²) < 4.78 is 0. The molecule has 0 aliphatic carbocycles. The molecular formula is C13H20N4O2. The summed E-state index contributed by atoms with van der Waals surface area (Å²) in [5.41, 5.74) is 0.0224. The van der Waals surface area contributed by atoms with Crippen molar-refractivity contribution < 1.29 is 4.92 Å². The van der Waals surface area contributed by atoms with Crippen LogP contribution in [0.15, 0.2) is 18.3 Å². The van der Waals surface area contributed by atoms with Crippen LogP contribution in [0.1, 0.15) is 26.2 Å². The molecule has 104 valence electrons. The van der Waals surface area contributed by atoms with E-state index in [2.05, 4.69) is 22.1 Å². The van der Waals surface area contributed by atoms with Gasteiger partial charge in [0, 0.05) is 18.7 Å². The summed E-state index contributed by atoms with van der Waals surface area (Å²) in [6.45, 7) is 5.43. The van der Waals surface area contributed by atoms with Gasteiger partial charge < -0.3 is 10.2 Å². The number of rotatable bonds is 5. The van der Waals surface area contributed by atoms with Gasteiger partial charge in [0.25, 0.3) is 5.69 Å². The molecule has 0 spiro atoms. The molecule has 1 unspecified atom stereocenters. The number of anilines is 1. The quantitative estimate of drug-likeness (QED) is 0.652. The summed E-state index contributed by atoms with van der Waals surface area (Å²) in [5.74, 6) is 0.690. The first-order chi connectivity index (χ1) is 9.15. The molecule has 0 bridgehead atoms. The highest BCUT2D eigenvalue weighted by molar-refractivity contribution is 5.40. The summed E-state index contributed by atoms with van der Waals surface area (Å²) in [6, 6.07) is 3.42. The summed E-state index contributed by atoms with van der Waals surface area (Å²) in [6.07, 6.45) is 5.18. The molecule has 6 nitrogen and oxygen atoms in total. The average Bonchev–Trinajstić information content (AvgIpc) is 2.40. The van der Waals surface area contributed by atoms with Crippen LogP contribution in [0, 0.1) is 10.1 Å². The first kappa shape index (κ1) is 13.7. The van der Waals surface area contributed by atoms with Gasteiger partial charge in [-0.1, -0.05) is 6.42 Å². The largest absolute Gasteiger partial charge is 0.366 e. The van der Waals surface area contributed by atoms with Crippen molar-refractivity contribution >= 4 is 11.5 Å². The zero-order valence-corrected chi connectivity index (χ0v) is 11.2. The SMILES string of the molecule is CC(CN1CCCCC1)Nc1ccc([N+](=O)[O-])cn1. The fourth-order valence-electron chi connectivity index (χ4n) is 2.41. The normalized spacial score (nSPS) is 17.9. The fourth-order valence-corrected chi connectivity index (χ4v) is 2.41. The van der Waals surface area contributed by atoms with Gasteiger partial charge in [0.2, 0.25) is 0 Å². The van der Waals surface area contributed by atoms with Crippen LogP contribution >= 0.6 is 0 Å². The Hall–Kier alpha value is -1.69. The number of nitrogens with zero attached hydrogens (tertiary/aromatic N) is 3. The van der Waals surface area contributed by atoms with E-state index in [0.717, 1.165) is 6.54 Å². The lowest BCUT2D eigenvalue weighted by Gasteiger charge is -2.29. The van der Waals surface area contributed by atoms with Crippen LogP contribution in [-0.4, -0.2) is 40.5 Å². The number of piperidine rings is 1. The second kappa shape index (κ2) is 6.47. The van der Waals surface area contributed by atoms with E-state index in [1.807, 2.05) is 0 Å². The first-order valence-corrected chi connectivity index (χ1v) is 6.74. The van der Waals surface area contributed by atoms with E-state index in [-0.39, 0.29) is 11.7 Å². The molecular weight excluding hydrogens is 244 g/mol. The minimum atomic E-state index is -0.437. The third kappa shape index (κ3) is 4.17. The Kier molecular flexibility index (Phi) is 4.68. The Labute approximate surface area is 113 Å². The lowest BCUT2D eigenvalue weighted by molar-refractivity contribution is -0.385. The van der Waals surface area contributed by atoms with E-state index in [0.29, 0.717) is 5.82 Å². The molecule has 0 saturated carbocycles. The van der Waals surface area contributed by atoms with E-state index in [4.69, 9.17) is 0 Å². The monoisotopic (exact) mass is 264 g/mol. The first-order valence-electron chi connectivity index (χ1n) is 6.74. The minimum absolute atomic E-state index is 0.0224. The van der Waals surface area contributed by atoms with Crippen LogP contribution in [-0.2, 0) is 0 Å². The van der Waals surface area contributed by atoms with E-state index in [9.17, 15) is 10.1 Å². The molecule has 1 saturated heterocycles. The second-order valence-electron chi connectivity index (χ2n) is 5.07. The van der Waals surface area contributed by atoms with Crippen molar-refractivity contribution in [1.29, 1.82) is 0 Å². The average molecular weight is 264 g/mol. The molecule has 1 fully saturated rings. The summed E-state index contributed by atoms with van der Waals surface area (Å²) >= 11 is 0. The van der Waals surface area contributed by atoms with Gasteiger partial charge in [0.05, 0.1) is 4.92 Å². The number of hydrogen-bond acceptors (Lipinski definition) is 5. The van der Waals surface area contributed by atoms with Crippen molar-refractivity contribution in [3.05, 3.63) is 28.4 Å². The standard InChI is InChI=1S/C13H20N4O2/c1-11(10-16-7-3-2-4-8-16)15-13-6-5-12(9-14-13)17(18)19/h5-6,9,11H,2-4,7-8,10H2,1H3,(H,14,15). The number of hydrogen-bond donors (Lipinski definition) is 1. The molecule has 2 rings (SSSR count). The van der Waals surface area contributed by atoms with Gasteiger partial charge in [-0.15, -0.1) is 0 Å². The van der Waals surface area contributed by atoms with Crippen molar-refractivity contribution in [2.45, 2.75) is 32.2 Å². The highest BCUT2D eigenvalue weighted by atomic mass is 16.6. The van der Waals surface area contributed by atoms with Gasteiger partial charge in [0.15, 0.2) is 0 Å². The Morgan fingerprint density at radius 3 is 2.74 bits per heavy atom. The topological polar surface area (TPSA) is 71.3 Å². The van der Waals surface area contributed by atoms with Gasteiger partial charge >= 0.3 is 0 Å². The Morgan fingerprint density at radius 1 is 1.42 bits per heavy atom. The molecule has 1 aliphatic heterocycles. The van der Waals surface area contributed by atoms with E-state index in [1.54, 1.807) is 6.07 Å². The smallest absolute Gasteiger partial charge is 0.287 e. The molecule has 1 N–H and O–H groups in total. The molecule has 6 heteroatoms. The summed E-state index contributed by atoms with van der Waals surface area (Å²) in [7, 11) is 0.